The number of nitriles is 1. The molecule has 0 aliphatic heterocycles. The molecule has 4 aromatic rings. The summed E-state index contributed by atoms with van der Waals surface area (Å²) in [5, 5.41) is 8.94. The summed E-state index contributed by atoms with van der Waals surface area (Å²) in [5.41, 5.74) is 1.53. The molecule has 4 rings (SSSR count). The first-order valence-electron chi connectivity index (χ1n) is 10.8. The second kappa shape index (κ2) is 9.60. The lowest BCUT2D eigenvalue weighted by Gasteiger charge is -2.14. The van der Waals surface area contributed by atoms with Crippen LogP contribution in [0.5, 0.6) is 0 Å². The van der Waals surface area contributed by atoms with Gasteiger partial charge in [-0.25, -0.2) is 25.2 Å². The highest BCUT2D eigenvalue weighted by atomic mass is 32.2. The number of aryl methyl sites for hydroxylation is 1. The van der Waals surface area contributed by atoms with Crippen molar-refractivity contribution < 1.29 is 21.2 Å². The van der Waals surface area contributed by atoms with Crippen molar-refractivity contribution in [3.8, 4) is 6.07 Å². The number of aromatic nitrogens is 1. The van der Waals surface area contributed by atoms with E-state index in [9.17, 15) is 21.2 Å². The van der Waals surface area contributed by atoms with Gasteiger partial charge in [0.1, 0.15) is 10.7 Å². The van der Waals surface area contributed by atoms with E-state index in [1.54, 1.807) is 49.4 Å². The van der Waals surface area contributed by atoms with Gasteiger partial charge in [0.25, 0.3) is 20.0 Å². The van der Waals surface area contributed by atoms with Crippen molar-refractivity contribution in [2.45, 2.75) is 29.6 Å². The van der Waals surface area contributed by atoms with E-state index in [0.717, 1.165) is 33.4 Å². The van der Waals surface area contributed by atoms with Crippen LogP contribution in [-0.2, 0) is 20.0 Å². The van der Waals surface area contributed by atoms with Crippen LogP contribution < -0.4 is 4.72 Å². The Kier molecular flexibility index (Phi) is 6.71. The first-order valence-corrected chi connectivity index (χ1v) is 13.8. The third kappa shape index (κ3) is 4.89. The number of anilines is 1. The molecule has 0 saturated heterocycles. The zero-order chi connectivity index (χ0) is 26.1. The minimum atomic E-state index is -4.43. The Morgan fingerprint density at radius 3 is 2.22 bits per heavy atom. The van der Waals surface area contributed by atoms with Crippen LogP contribution in [0.2, 0.25) is 0 Å². The molecule has 0 aliphatic carbocycles. The van der Waals surface area contributed by atoms with Gasteiger partial charge in [-0.05, 0) is 48.4 Å². The summed E-state index contributed by atoms with van der Waals surface area (Å²) in [7, 11) is -8.53. The molecule has 7 nitrogen and oxygen atoms in total. The summed E-state index contributed by atoms with van der Waals surface area (Å²) < 4.78 is 71.1. The van der Waals surface area contributed by atoms with E-state index in [2.05, 4.69) is 4.72 Å². The number of hydrogen-bond donors (Lipinski definition) is 1. The fourth-order valence-corrected chi connectivity index (χ4v) is 6.38. The lowest BCUT2D eigenvalue weighted by molar-refractivity contribution is 0.587. The predicted octanol–water partition coefficient (Wildman–Crippen LogP) is 5.00. The van der Waals surface area contributed by atoms with E-state index in [1.165, 1.54) is 24.4 Å². The van der Waals surface area contributed by atoms with Gasteiger partial charge in [-0.15, -0.1) is 0 Å². The monoisotopic (exact) mass is 523 g/mol. The Morgan fingerprint density at radius 2 is 1.61 bits per heavy atom. The van der Waals surface area contributed by atoms with E-state index >= 15 is 0 Å². The fraction of sp³-hybridized carbons (Fsp3) is 0.115. The van der Waals surface area contributed by atoms with Gasteiger partial charge in [0.2, 0.25) is 0 Å². The normalized spacial score (nSPS) is 12.6. The van der Waals surface area contributed by atoms with Crippen LogP contribution >= 0.6 is 0 Å². The number of nitrogens with zero attached hydrogens (tertiary/aromatic N) is 2. The van der Waals surface area contributed by atoms with Crippen LogP contribution in [0.15, 0.2) is 95.0 Å². The Labute approximate surface area is 209 Å². The number of benzene rings is 3. The summed E-state index contributed by atoms with van der Waals surface area (Å²) in [6.45, 7) is 3.58. The molecule has 0 spiro atoms. The van der Waals surface area contributed by atoms with Crippen LogP contribution in [0.1, 0.15) is 35.1 Å². The summed E-state index contributed by atoms with van der Waals surface area (Å²) in [4.78, 5) is -0.310. The summed E-state index contributed by atoms with van der Waals surface area (Å²) in [5.74, 6) is -1.43. The molecule has 3 aromatic carbocycles. The highest BCUT2D eigenvalue weighted by molar-refractivity contribution is 7.93. The minimum absolute atomic E-state index is 0.00272. The maximum Gasteiger partial charge on any atom is 0.267 e. The smallest absolute Gasteiger partial charge is 0.267 e. The van der Waals surface area contributed by atoms with E-state index in [1.807, 2.05) is 13.0 Å². The standard InChI is InChI=1S/C26H22FN3O4S2/c1-18-8-11-22(12-9-18)36(33,34)30-16-23(19(2)21-6-4-3-5-7-21)26(17-30)35(31,32)29-25-13-10-20(15-28)14-24(25)27/h3-14,16-17,19,29H,1-2H3. The molecule has 36 heavy (non-hydrogen) atoms. The van der Waals surface area contributed by atoms with Crippen LogP contribution in [-0.4, -0.2) is 20.8 Å². The lowest BCUT2D eigenvalue weighted by atomic mass is 9.95. The molecular formula is C26H22FN3O4S2. The topological polar surface area (TPSA) is 109 Å². The van der Waals surface area contributed by atoms with Crippen LogP contribution in [0.25, 0.3) is 0 Å². The molecule has 1 heterocycles. The Morgan fingerprint density at radius 1 is 0.944 bits per heavy atom. The van der Waals surface area contributed by atoms with Gasteiger partial charge >= 0.3 is 0 Å². The average molecular weight is 524 g/mol. The van der Waals surface area contributed by atoms with Crippen molar-refractivity contribution in [3.63, 3.8) is 0 Å². The van der Waals surface area contributed by atoms with Crippen molar-refractivity contribution in [2.75, 3.05) is 4.72 Å². The fourth-order valence-electron chi connectivity index (χ4n) is 3.74. The molecule has 0 fully saturated rings. The summed E-state index contributed by atoms with van der Waals surface area (Å²) in [6.07, 6.45) is 2.30. The highest BCUT2D eigenvalue weighted by Gasteiger charge is 2.29. The van der Waals surface area contributed by atoms with E-state index in [-0.39, 0.29) is 26.6 Å². The molecule has 1 aromatic heterocycles. The van der Waals surface area contributed by atoms with Crippen LogP contribution in [0, 0.1) is 24.1 Å². The number of rotatable bonds is 7. The SMILES string of the molecule is Cc1ccc(S(=O)(=O)n2cc(C(C)c3ccccc3)c(S(=O)(=O)Nc3ccc(C#N)cc3F)c2)cc1. The number of halogens is 1. The van der Waals surface area contributed by atoms with Crippen molar-refractivity contribution in [1.29, 1.82) is 5.26 Å². The van der Waals surface area contributed by atoms with Gasteiger partial charge in [-0.2, -0.15) is 5.26 Å². The molecule has 0 saturated carbocycles. The predicted molar refractivity (Wildman–Crippen MR) is 134 cm³/mol. The molecule has 10 heteroatoms. The van der Waals surface area contributed by atoms with E-state index in [4.69, 9.17) is 5.26 Å². The molecule has 0 bridgehead atoms. The molecule has 1 unspecified atom stereocenters. The second-order valence-electron chi connectivity index (χ2n) is 8.27. The Balaban J connectivity index is 1.85. The molecular weight excluding hydrogens is 501 g/mol. The van der Waals surface area contributed by atoms with Crippen molar-refractivity contribution in [1.82, 2.24) is 3.97 Å². The Hall–Kier alpha value is -3.94. The first kappa shape index (κ1) is 25.2. The van der Waals surface area contributed by atoms with Crippen LogP contribution in [0.3, 0.4) is 0 Å². The number of hydrogen-bond acceptors (Lipinski definition) is 5. The maximum absolute atomic E-state index is 14.5. The van der Waals surface area contributed by atoms with Gasteiger partial charge in [-0.1, -0.05) is 55.0 Å². The number of nitrogens with one attached hydrogen (secondary N) is 1. The Bertz CT molecular complexity index is 1670. The third-order valence-electron chi connectivity index (χ3n) is 5.79. The average Bonchev–Trinajstić information content (AvgIpc) is 3.33. The van der Waals surface area contributed by atoms with Gasteiger partial charge in [-0.3, -0.25) is 4.72 Å². The van der Waals surface area contributed by atoms with Gasteiger partial charge in [0, 0.05) is 18.3 Å². The van der Waals surface area contributed by atoms with Crippen molar-refractivity contribution in [3.05, 3.63) is 113 Å². The summed E-state index contributed by atoms with van der Waals surface area (Å²) >= 11 is 0. The van der Waals surface area contributed by atoms with Gasteiger partial charge in [0.15, 0.2) is 0 Å². The van der Waals surface area contributed by atoms with Crippen LogP contribution in [0.4, 0.5) is 10.1 Å². The second-order valence-corrected chi connectivity index (χ2v) is 11.8. The largest absolute Gasteiger partial charge is 0.277 e. The van der Waals surface area contributed by atoms with Crippen molar-refractivity contribution in [2.24, 2.45) is 0 Å². The first-order chi connectivity index (χ1) is 17.0. The molecule has 0 amide bonds. The zero-order valence-electron chi connectivity index (χ0n) is 19.4. The van der Waals surface area contributed by atoms with E-state index < -0.39 is 31.8 Å². The molecule has 0 aliphatic rings. The van der Waals surface area contributed by atoms with E-state index in [0.29, 0.717) is 0 Å². The molecule has 0 radical (unpaired) electrons. The minimum Gasteiger partial charge on any atom is -0.277 e. The zero-order valence-corrected chi connectivity index (χ0v) is 21.0. The van der Waals surface area contributed by atoms with Crippen molar-refractivity contribution >= 4 is 25.7 Å². The quantitative estimate of drug-likeness (QED) is 0.367. The molecule has 1 atom stereocenters. The number of sulfonamides is 1. The molecule has 1 N–H and O–H groups in total. The lowest BCUT2D eigenvalue weighted by Crippen LogP contribution is -2.16. The highest BCUT2D eigenvalue weighted by Crippen LogP contribution is 2.33. The van der Waals surface area contributed by atoms with Gasteiger partial charge in [0.05, 0.1) is 22.2 Å². The maximum atomic E-state index is 14.5. The third-order valence-corrected chi connectivity index (χ3v) is 8.83. The van der Waals surface area contributed by atoms with Gasteiger partial charge < -0.3 is 0 Å². The molecule has 184 valence electrons. The summed E-state index contributed by atoms with van der Waals surface area (Å²) in [6, 6.07) is 20.3.